The van der Waals surface area contributed by atoms with E-state index in [1.165, 1.54) is 5.56 Å². The molecule has 21 heavy (non-hydrogen) atoms. The summed E-state index contributed by atoms with van der Waals surface area (Å²) in [4.78, 5) is 11.7. The molecule has 0 atom stereocenters. The smallest absolute Gasteiger partial charge is 0.180 e. The number of nitrogens with zero attached hydrogens (tertiary/aromatic N) is 3. The monoisotopic (exact) mass is 280 g/mol. The zero-order valence-corrected chi connectivity index (χ0v) is 11.5. The lowest BCUT2D eigenvalue weighted by Crippen LogP contribution is -2.21. The number of aromatic nitrogens is 4. The molecule has 0 spiro atoms. The van der Waals surface area contributed by atoms with Gasteiger partial charge in [0.25, 0.3) is 0 Å². The van der Waals surface area contributed by atoms with Crippen LogP contribution in [0.15, 0.2) is 49.1 Å². The van der Waals surface area contributed by atoms with E-state index in [2.05, 4.69) is 50.1 Å². The van der Waals surface area contributed by atoms with Crippen LogP contribution in [0.25, 0.3) is 17.3 Å². The van der Waals surface area contributed by atoms with Crippen LogP contribution in [0.4, 0.5) is 0 Å². The van der Waals surface area contributed by atoms with Gasteiger partial charge < -0.3 is 4.98 Å². The quantitative estimate of drug-likeness (QED) is 0.679. The van der Waals surface area contributed by atoms with Crippen LogP contribution in [-0.2, 0) is 0 Å². The maximum absolute atomic E-state index is 4.38. The van der Waals surface area contributed by atoms with Gasteiger partial charge in [0.15, 0.2) is 11.6 Å². The second-order valence-corrected chi connectivity index (χ2v) is 5.11. The molecule has 3 aromatic rings. The number of hydrogen-bond donors (Lipinski definition) is 3. The average molecular weight is 280 g/mol. The predicted octanol–water partition coefficient (Wildman–Crippen LogP) is 1.45. The molecule has 1 aliphatic rings. The van der Waals surface area contributed by atoms with E-state index in [4.69, 9.17) is 0 Å². The Hall–Kier alpha value is -2.44. The largest absolute Gasteiger partial charge is 0.342 e. The maximum atomic E-state index is 4.38. The maximum Gasteiger partial charge on any atom is 0.180 e. The van der Waals surface area contributed by atoms with Crippen molar-refractivity contribution in [2.75, 3.05) is 13.1 Å². The van der Waals surface area contributed by atoms with Crippen molar-refractivity contribution in [1.82, 2.24) is 30.4 Å². The van der Waals surface area contributed by atoms with Gasteiger partial charge in [-0.1, -0.05) is 12.1 Å². The number of rotatable bonds is 3. The first-order chi connectivity index (χ1) is 10.4. The van der Waals surface area contributed by atoms with Crippen molar-refractivity contribution in [3.63, 3.8) is 0 Å². The Balaban J connectivity index is 1.66. The lowest BCUT2D eigenvalue weighted by atomic mass is 10.0. The number of aromatic amines is 1. The standard InChI is InChI=1S/C15H16N6/c1-3-13(4-2-11(1)12-9-19-20-10-12)21-8-7-18-15(21)14-16-5-6-17-14/h1-8,12,19-20H,9-10H2,(H,16,17). The van der Waals surface area contributed by atoms with Crippen molar-refractivity contribution in [2.24, 2.45) is 0 Å². The first-order valence-electron chi connectivity index (χ1n) is 7.01. The molecule has 4 rings (SSSR count). The number of benzene rings is 1. The Labute approximate surface area is 122 Å². The summed E-state index contributed by atoms with van der Waals surface area (Å²) < 4.78 is 2.04. The number of hydrazine groups is 1. The van der Waals surface area contributed by atoms with Gasteiger partial charge in [-0.25, -0.2) is 9.97 Å². The molecule has 1 aromatic carbocycles. The summed E-state index contributed by atoms with van der Waals surface area (Å²) in [5, 5.41) is 0. The van der Waals surface area contributed by atoms with E-state index in [9.17, 15) is 0 Å². The molecule has 106 valence electrons. The van der Waals surface area contributed by atoms with Crippen LogP contribution in [0.1, 0.15) is 11.5 Å². The van der Waals surface area contributed by atoms with Crippen LogP contribution in [-0.4, -0.2) is 32.6 Å². The zero-order valence-electron chi connectivity index (χ0n) is 11.5. The Morgan fingerprint density at radius 3 is 2.52 bits per heavy atom. The van der Waals surface area contributed by atoms with E-state index in [1.807, 2.05) is 10.8 Å². The Morgan fingerprint density at radius 1 is 1.00 bits per heavy atom. The minimum atomic E-state index is 0.534. The van der Waals surface area contributed by atoms with Crippen molar-refractivity contribution in [3.05, 3.63) is 54.6 Å². The van der Waals surface area contributed by atoms with E-state index in [-0.39, 0.29) is 0 Å². The molecule has 0 amide bonds. The minimum absolute atomic E-state index is 0.534. The Morgan fingerprint density at radius 2 is 1.81 bits per heavy atom. The van der Waals surface area contributed by atoms with Gasteiger partial charge in [0.05, 0.1) is 0 Å². The summed E-state index contributed by atoms with van der Waals surface area (Å²) >= 11 is 0. The van der Waals surface area contributed by atoms with E-state index in [0.717, 1.165) is 30.4 Å². The van der Waals surface area contributed by atoms with Crippen molar-refractivity contribution in [3.8, 4) is 17.3 Å². The lowest BCUT2D eigenvalue weighted by molar-refractivity contribution is 0.689. The summed E-state index contributed by atoms with van der Waals surface area (Å²) in [5.41, 5.74) is 8.75. The normalized spacial score (nSPS) is 15.6. The second-order valence-electron chi connectivity index (χ2n) is 5.11. The molecule has 0 aliphatic carbocycles. The number of nitrogens with one attached hydrogen (secondary N) is 3. The summed E-state index contributed by atoms with van der Waals surface area (Å²) in [7, 11) is 0. The van der Waals surface area contributed by atoms with Crippen LogP contribution < -0.4 is 10.9 Å². The number of imidazole rings is 2. The first-order valence-corrected chi connectivity index (χ1v) is 7.01. The van der Waals surface area contributed by atoms with Crippen LogP contribution in [0.5, 0.6) is 0 Å². The molecule has 1 aliphatic heterocycles. The molecule has 2 aromatic heterocycles. The Bertz CT molecular complexity index is 707. The van der Waals surface area contributed by atoms with E-state index < -0.39 is 0 Å². The average Bonchev–Trinajstić information content (AvgIpc) is 3.27. The number of hydrogen-bond acceptors (Lipinski definition) is 4. The highest BCUT2D eigenvalue weighted by atomic mass is 15.4. The molecule has 3 N–H and O–H groups in total. The third kappa shape index (κ3) is 2.24. The van der Waals surface area contributed by atoms with Crippen LogP contribution in [0.2, 0.25) is 0 Å². The van der Waals surface area contributed by atoms with Crippen LogP contribution in [0.3, 0.4) is 0 Å². The molecule has 6 heteroatoms. The molecular weight excluding hydrogens is 264 g/mol. The molecule has 3 heterocycles. The highest BCUT2D eigenvalue weighted by molar-refractivity contribution is 5.50. The van der Waals surface area contributed by atoms with Crippen molar-refractivity contribution in [2.45, 2.75) is 5.92 Å². The number of H-pyrrole nitrogens is 1. The van der Waals surface area contributed by atoms with Crippen molar-refractivity contribution < 1.29 is 0 Å². The van der Waals surface area contributed by atoms with Crippen LogP contribution in [0, 0.1) is 0 Å². The first kappa shape index (κ1) is 12.3. The Kier molecular flexibility index (Phi) is 3.02. The zero-order chi connectivity index (χ0) is 14.1. The van der Waals surface area contributed by atoms with Crippen molar-refractivity contribution >= 4 is 0 Å². The molecule has 1 saturated heterocycles. The van der Waals surface area contributed by atoms with E-state index in [1.54, 1.807) is 18.6 Å². The lowest BCUT2D eigenvalue weighted by Gasteiger charge is -2.10. The van der Waals surface area contributed by atoms with E-state index >= 15 is 0 Å². The molecule has 0 radical (unpaired) electrons. The summed E-state index contributed by atoms with van der Waals surface area (Å²) in [6.07, 6.45) is 7.28. The van der Waals surface area contributed by atoms with Gasteiger partial charge in [-0.15, -0.1) is 0 Å². The van der Waals surface area contributed by atoms with Gasteiger partial charge in [-0.05, 0) is 17.7 Å². The molecule has 0 saturated carbocycles. The highest BCUT2D eigenvalue weighted by Crippen LogP contribution is 2.21. The van der Waals surface area contributed by atoms with Gasteiger partial charge in [-0.3, -0.25) is 15.4 Å². The second kappa shape index (κ2) is 5.16. The molecule has 1 fully saturated rings. The molecule has 6 nitrogen and oxygen atoms in total. The van der Waals surface area contributed by atoms with Gasteiger partial charge in [0.2, 0.25) is 0 Å². The third-order valence-corrected chi connectivity index (χ3v) is 3.82. The fourth-order valence-corrected chi connectivity index (χ4v) is 2.68. The van der Waals surface area contributed by atoms with Gasteiger partial charge in [0.1, 0.15) is 0 Å². The predicted molar refractivity (Wildman–Crippen MR) is 79.9 cm³/mol. The van der Waals surface area contributed by atoms with Gasteiger partial charge in [0, 0.05) is 49.5 Å². The molecule has 0 bridgehead atoms. The van der Waals surface area contributed by atoms with Crippen molar-refractivity contribution in [1.29, 1.82) is 0 Å². The fraction of sp³-hybridized carbons (Fsp3) is 0.200. The fourth-order valence-electron chi connectivity index (χ4n) is 2.68. The molecule has 0 unspecified atom stereocenters. The summed E-state index contributed by atoms with van der Waals surface area (Å²) in [6.45, 7) is 1.95. The van der Waals surface area contributed by atoms with Crippen LogP contribution >= 0.6 is 0 Å². The van der Waals surface area contributed by atoms with E-state index in [0.29, 0.717) is 5.92 Å². The SMILES string of the molecule is c1c[nH]c(-c2nccn2-c2ccc(C3CNNC3)cc2)n1. The van der Waals surface area contributed by atoms with Gasteiger partial charge >= 0.3 is 0 Å². The highest BCUT2D eigenvalue weighted by Gasteiger charge is 2.16. The van der Waals surface area contributed by atoms with Gasteiger partial charge in [-0.2, -0.15) is 0 Å². The minimum Gasteiger partial charge on any atom is -0.342 e. The summed E-state index contributed by atoms with van der Waals surface area (Å²) in [6, 6.07) is 8.62. The molecular formula is C15H16N6. The topological polar surface area (TPSA) is 70.6 Å². The third-order valence-electron chi connectivity index (χ3n) is 3.82. The summed E-state index contributed by atoms with van der Waals surface area (Å²) in [5.74, 6) is 2.12.